The number of hydrogen-bond acceptors (Lipinski definition) is 4. The molecular weight excluding hydrogens is 328 g/mol. The van der Waals surface area contributed by atoms with Crippen LogP contribution in [0, 0.1) is 5.92 Å². The van der Waals surface area contributed by atoms with Crippen molar-refractivity contribution < 1.29 is 18.0 Å². The fraction of sp³-hybridized carbons (Fsp3) is 0.429. The molecule has 1 aromatic rings. The van der Waals surface area contributed by atoms with E-state index < -0.39 is 15.8 Å². The third kappa shape index (κ3) is 4.45. The molecule has 2 rings (SSSR count). The molecule has 8 heteroatoms. The second-order valence-corrected chi connectivity index (χ2v) is 8.01. The Bertz CT molecular complexity index is 673. The molecule has 1 aliphatic rings. The maximum Gasteiger partial charge on any atom is 0.243 e. The van der Waals surface area contributed by atoms with Gasteiger partial charge in [-0.15, -0.1) is 0 Å². The Kier molecular flexibility index (Phi) is 5.08. The lowest BCUT2D eigenvalue weighted by Crippen LogP contribution is -2.39. The fourth-order valence-electron chi connectivity index (χ4n) is 2.33. The molecule has 1 heterocycles. The number of halogens is 1. The number of carbonyl (C=O) groups is 2. The summed E-state index contributed by atoms with van der Waals surface area (Å²) in [6.45, 7) is -0.127. The summed E-state index contributed by atoms with van der Waals surface area (Å²) in [5.74, 6) is -1.30. The van der Waals surface area contributed by atoms with Crippen LogP contribution < -0.4 is 5.32 Å². The summed E-state index contributed by atoms with van der Waals surface area (Å²) in [5.41, 5.74) is 0.582. The second kappa shape index (κ2) is 6.66. The molecule has 6 nitrogen and oxygen atoms in total. The number of benzene rings is 1. The van der Waals surface area contributed by atoms with Gasteiger partial charge in [0.2, 0.25) is 11.8 Å². The largest absolute Gasteiger partial charge is 0.336 e. The van der Waals surface area contributed by atoms with Crippen molar-refractivity contribution in [3.05, 3.63) is 29.3 Å². The monoisotopic (exact) mass is 344 g/mol. The SMILES string of the molecule is CN(CC(=O)Nc1ccc(Cl)cc1)C(=O)[C@@H]1CCS(=O)(=O)C1. The van der Waals surface area contributed by atoms with Gasteiger partial charge in [0, 0.05) is 17.8 Å². The van der Waals surface area contributed by atoms with E-state index in [-0.39, 0.29) is 29.9 Å². The summed E-state index contributed by atoms with van der Waals surface area (Å²) in [6.07, 6.45) is 0.324. The van der Waals surface area contributed by atoms with E-state index >= 15 is 0 Å². The summed E-state index contributed by atoms with van der Waals surface area (Å²) < 4.78 is 22.8. The van der Waals surface area contributed by atoms with Crippen molar-refractivity contribution in [3.8, 4) is 0 Å². The van der Waals surface area contributed by atoms with Crippen molar-refractivity contribution in [1.29, 1.82) is 0 Å². The number of carbonyl (C=O) groups excluding carboxylic acids is 2. The molecule has 1 aliphatic heterocycles. The maximum atomic E-state index is 12.1. The van der Waals surface area contributed by atoms with Gasteiger partial charge in [-0.25, -0.2) is 8.42 Å². The zero-order chi connectivity index (χ0) is 16.3. The van der Waals surface area contributed by atoms with Crippen LogP contribution in [0.3, 0.4) is 0 Å². The molecular formula is C14H17ClN2O4S. The molecule has 0 aliphatic carbocycles. The number of nitrogens with zero attached hydrogens (tertiary/aromatic N) is 1. The molecule has 0 spiro atoms. The Balaban J connectivity index is 1.88. The molecule has 0 saturated carbocycles. The minimum atomic E-state index is -3.12. The molecule has 1 N–H and O–H groups in total. The predicted octanol–water partition coefficient (Wildman–Crippen LogP) is 1.17. The zero-order valence-electron chi connectivity index (χ0n) is 12.1. The van der Waals surface area contributed by atoms with Crippen LogP contribution in [-0.4, -0.2) is 50.2 Å². The van der Waals surface area contributed by atoms with E-state index in [0.29, 0.717) is 17.1 Å². The standard InChI is InChI=1S/C14H17ClN2O4S/c1-17(14(19)10-6-7-22(20,21)9-10)8-13(18)16-12-4-2-11(15)3-5-12/h2-5,10H,6-9H2,1H3,(H,16,18)/t10-/m1/s1. The zero-order valence-corrected chi connectivity index (χ0v) is 13.7. The van der Waals surface area contributed by atoms with Gasteiger partial charge in [0.1, 0.15) is 0 Å². The highest BCUT2D eigenvalue weighted by Crippen LogP contribution is 2.20. The summed E-state index contributed by atoms with van der Waals surface area (Å²) in [6, 6.07) is 6.61. The van der Waals surface area contributed by atoms with Gasteiger partial charge in [-0.1, -0.05) is 11.6 Å². The number of nitrogens with one attached hydrogen (secondary N) is 1. The lowest BCUT2D eigenvalue weighted by Gasteiger charge is -2.19. The topological polar surface area (TPSA) is 83.6 Å². The van der Waals surface area contributed by atoms with Crippen LogP contribution in [-0.2, 0) is 19.4 Å². The van der Waals surface area contributed by atoms with E-state index in [1.54, 1.807) is 24.3 Å². The number of rotatable bonds is 4. The van der Waals surface area contributed by atoms with E-state index in [2.05, 4.69) is 5.32 Å². The molecule has 1 fully saturated rings. The Morgan fingerprint density at radius 2 is 1.95 bits per heavy atom. The molecule has 2 amide bonds. The van der Waals surface area contributed by atoms with Gasteiger partial charge >= 0.3 is 0 Å². The van der Waals surface area contributed by atoms with Gasteiger partial charge in [-0.2, -0.15) is 0 Å². The third-order valence-electron chi connectivity index (χ3n) is 3.47. The quantitative estimate of drug-likeness (QED) is 0.888. The van der Waals surface area contributed by atoms with Gasteiger partial charge in [-0.3, -0.25) is 9.59 Å². The number of amides is 2. The number of anilines is 1. The molecule has 0 unspecified atom stereocenters. The molecule has 1 saturated heterocycles. The summed E-state index contributed by atoms with van der Waals surface area (Å²) >= 11 is 5.76. The van der Waals surface area contributed by atoms with Crippen LogP contribution in [0.15, 0.2) is 24.3 Å². The van der Waals surface area contributed by atoms with Gasteiger partial charge in [-0.05, 0) is 30.7 Å². The minimum absolute atomic E-state index is 0.0359. The van der Waals surface area contributed by atoms with Crippen molar-refractivity contribution in [2.24, 2.45) is 5.92 Å². The average molecular weight is 345 g/mol. The molecule has 120 valence electrons. The van der Waals surface area contributed by atoms with Crippen molar-refractivity contribution in [2.45, 2.75) is 6.42 Å². The van der Waals surface area contributed by atoms with Gasteiger partial charge < -0.3 is 10.2 Å². The van der Waals surface area contributed by atoms with Gasteiger partial charge in [0.25, 0.3) is 0 Å². The Hall–Kier alpha value is -1.60. The first-order valence-corrected chi connectivity index (χ1v) is 8.97. The number of hydrogen-bond donors (Lipinski definition) is 1. The van der Waals surface area contributed by atoms with Crippen molar-refractivity contribution in [2.75, 3.05) is 30.4 Å². The van der Waals surface area contributed by atoms with E-state index in [4.69, 9.17) is 11.6 Å². The third-order valence-corrected chi connectivity index (χ3v) is 5.49. The lowest BCUT2D eigenvalue weighted by atomic mass is 10.1. The van der Waals surface area contributed by atoms with Crippen LogP contribution in [0.5, 0.6) is 0 Å². The fourth-order valence-corrected chi connectivity index (χ4v) is 4.19. The Morgan fingerprint density at radius 1 is 1.32 bits per heavy atom. The van der Waals surface area contributed by atoms with Crippen LogP contribution in [0.4, 0.5) is 5.69 Å². The minimum Gasteiger partial charge on any atom is -0.336 e. The molecule has 1 atom stereocenters. The predicted molar refractivity (Wildman–Crippen MR) is 84.5 cm³/mol. The first kappa shape index (κ1) is 16.8. The molecule has 0 bridgehead atoms. The van der Waals surface area contributed by atoms with Crippen LogP contribution in [0.25, 0.3) is 0 Å². The van der Waals surface area contributed by atoms with Crippen molar-refractivity contribution in [1.82, 2.24) is 4.90 Å². The van der Waals surface area contributed by atoms with Crippen molar-refractivity contribution >= 4 is 38.9 Å². The van der Waals surface area contributed by atoms with Crippen LogP contribution in [0.2, 0.25) is 5.02 Å². The smallest absolute Gasteiger partial charge is 0.243 e. The number of likely N-dealkylation sites (N-methyl/N-ethyl adjacent to an activating group) is 1. The normalized spacial score (nSPS) is 19.6. The Labute approximate surface area is 134 Å². The van der Waals surface area contributed by atoms with Gasteiger partial charge in [0.05, 0.1) is 24.0 Å². The highest BCUT2D eigenvalue weighted by Gasteiger charge is 2.34. The van der Waals surface area contributed by atoms with Crippen molar-refractivity contribution in [3.63, 3.8) is 0 Å². The van der Waals surface area contributed by atoms with Gasteiger partial charge in [0.15, 0.2) is 9.84 Å². The van der Waals surface area contributed by atoms with E-state index in [9.17, 15) is 18.0 Å². The molecule has 0 aromatic heterocycles. The number of sulfone groups is 1. The summed E-state index contributed by atoms with van der Waals surface area (Å²) in [7, 11) is -1.62. The maximum absolute atomic E-state index is 12.1. The lowest BCUT2D eigenvalue weighted by molar-refractivity contribution is -0.136. The summed E-state index contributed by atoms with van der Waals surface area (Å²) in [5, 5.41) is 3.21. The highest BCUT2D eigenvalue weighted by molar-refractivity contribution is 7.91. The van der Waals surface area contributed by atoms with E-state index in [1.165, 1.54) is 11.9 Å². The first-order chi connectivity index (χ1) is 10.3. The summed E-state index contributed by atoms with van der Waals surface area (Å²) in [4.78, 5) is 25.3. The first-order valence-electron chi connectivity index (χ1n) is 6.78. The van der Waals surface area contributed by atoms with Crippen LogP contribution >= 0.6 is 11.6 Å². The molecule has 22 heavy (non-hydrogen) atoms. The van der Waals surface area contributed by atoms with E-state index in [0.717, 1.165) is 0 Å². The highest BCUT2D eigenvalue weighted by atomic mass is 35.5. The average Bonchev–Trinajstić information content (AvgIpc) is 2.80. The van der Waals surface area contributed by atoms with E-state index in [1.807, 2.05) is 0 Å². The van der Waals surface area contributed by atoms with Crippen LogP contribution in [0.1, 0.15) is 6.42 Å². The molecule has 0 radical (unpaired) electrons. The Morgan fingerprint density at radius 3 is 2.50 bits per heavy atom. The second-order valence-electron chi connectivity index (χ2n) is 5.35. The molecule has 1 aromatic carbocycles.